The van der Waals surface area contributed by atoms with E-state index in [4.69, 9.17) is 9.47 Å². The van der Waals surface area contributed by atoms with Crippen molar-refractivity contribution in [3.63, 3.8) is 0 Å². The molecular weight excluding hydrogens is 729 g/mol. The number of Topliss-reactive ketones (excluding diaryl/α,β-unsaturated/α-hetero) is 1. The molecule has 2 saturated carbocycles. The molecule has 0 bridgehead atoms. The number of rotatable bonds is 14. The van der Waals surface area contributed by atoms with Gasteiger partial charge in [0.15, 0.2) is 0 Å². The lowest BCUT2D eigenvalue weighted by molar-refractivity contribution is -0.145. The van der Waals surface area contributed by atoms with Gasteiger partial charge in [0, 0.05) is 31.4 Å². The highest BCUT2D eigenvalue weighted by molar-refractivity contribution is 7.10. The Morgan fingerprint density at radius 3 is 2.29 bits per heavy atom. The fraction of sp³-hybridized carbons (Fsp3) is 0.718. The molecule has 55 heavy (non-hydrogen) atoms. The minimum Gasteiger partial charge on any atom is -0.444 e. The van der Waals surface area contributed by atoms with Crippen LogP contribution in [0.2, 0.25) is 0 Å². The second-order valence-electron chi connectivity index (χ2n) is 17.3. The van der Waals surface area contributed by atoms with Crippen LogP contribution in [0.15, 0.2) is 17.5 Å². The van der Waals surface area contributed by atoms with Crippen molar-refractivity contribution in [2.45, 2.75) is 134 Å². The zero-order valence-electron chi connectivity index (χ0n) is 33.1. The smallest absolute Gasteiger partial charge is 0.408 e. The van der Waals surface area contributed by atoms with Crippen molar-refractivity contribution >= 4 is 52.7 Å². The van der Waals surface area contributed by atoms with Gasteiger partial charge in [0.05, 0.1) is 24.3 Å². The topological polar surface area (TPSA) is 193 Å². The molecule has 1 aromatic rings. The predicted octanol–water partition coefficient (Wildman–Crippen LogP) is 2.83. The predicted molar refractivity (Wildman–Crippen MR) is 203 cm³/mol. The molecule has 0 aromatic carbocycles. The number of alkyl carbamates (subject to hydrolysis) is 1. The third kappa shape index (κ3) is 11.0. The summed E-state index contributed by atoms with van der Waals surface area (Å²) in [4.78, 5) is 98.2. The van der Waals surface area contributed by atoms with Crippen LogP contribution in [0.1, 0.15) is 103 Å². The summed E-state index contributed by atoms with van der Waals surface area (Å²) < 4.78 is 11.9. The van der Waals surface area contributed by atoms with Gasteiger partial charge < -0.3 is 40.5 Å². The molecule has 1 aromatic heterocycles. The number of ether oxygens (including phenoxy) is 2. The summed E-state index contributed by atoms with van der Waals surface area (Å²) >= 11 is 1.30. The number of likely N-dealkylation sites (N-methyl/N-ethyl adjacent to an activating group) is 1. The molecule has 15 nitrogen and oxygen atoms in total. The first kappa shape index (κ1) is 42.1. The van der Waals surface area contributed by atoms with Crippen molar-refractivity contribution in [2.24, 2.45) is 17.8 Å². The van der Waals surface area contributed by atoms with Crippen molar-refractivity contribution in [1.29, 1.82) is 0 Å². The van der Waals surface area contributed by atoms with Gasteiger partial charge in [-0.3, -0.25) is 28.8 Å². The Labute approximate surface area is 327 Å². The lowest BCUT2D eigenvalue weighted by atomic mass is 9.83. The van der Waals surface area contributed by atoms with Crippen molar-refractivity contribution in [1.82, 2.24) is 31.1 Å². The van der Waals surface area contributed by atoms with Crippen LogP contribution in [0.4, 0.5) is 4.79 Å². The van der Waals surface area contributed by atoms with Gasteiger partial charge in [-0.1, -0.05) is 38.2 Å². The molecule has 6 atom stereocenters. The quantitative estimate of drug-likeness (QED) is 0.205. The molecule has 5 rings (SSSR count). The van der Waals surface area contributed by atoms with Gasteiger partial charge >= 0.3 is 6.09 Å². The van der Waals surface area contributed by atoms with Gasteiger partial charge in [-0.2, -0.15) is 0 Å². The van der Waals surface area contributed by atoms with Gasteiger partial charge in [-0.25, -0.2) is 4.79 Å². The van der Waals surface area contributed by atoms with Crippen LogP contribution in [-0.2, 0) is 38.2 Å². The van der Waals surface area contributed by atoms with Gasteiger partial charge in [-0.15, -0.1) is 11.3 Å². The fourth-order valence-electron chi connectivity index (χ4n) is 8.06. The van der Waals surface area contributed by atoms with Crippen LogP contribution in [-0.4, -0.2) is 114 Å². The number of nitrogens with one attached hydrogen (secondary N) is 4. The molecule has 4 N–H and O–H groups in total. The summed E-state index contributed by atoms with van der Waals surface area (Å²) in [6.45, 7) is 8.66. The van der Waals surface area contributed by atoms with Gasteiger partial charge in [-0.05, 0) is 83.6 Å². The minimum atomic E-state index is -1.20. The highest BCUT2D eigenvalue weighted by Gasteiger charge is 2.56. The molecule has 3 heterocycles. The Hall–Kier alpha value is -4.05. The summed E-state index contributed by atoms with van der Waals surface area (Å²) in [5.74, 6) is -4.36. The van der Waals surface area contributed by atoms with Crippen molar-refractivity contribution in [3.05, 3.63) is 22.4 Å². The molecule has 6 amide bonds. The summed E-state index contributed by atoms with van der Waals surface area (Å²) in [5, 5.41) is 12.5. The molecule has 0 unspecified atom stereocenters. The maximum absolute atomic E-state index is 14.6. The summed E-state index contributed by atoms with van der Waals surface area (Å²) in [6, 6.07) is -0.619. The zero-order chi connectivity index (χ0) is 40.2. The Bertz CT molecular complexity index is 1600. The van der Waals surface area contributed by atoms with Crippen LogP contribution < -0.4 is 21.3 Å². The molecular formula is C39H58N6O9S. The number of hydrogen-bond donors (Lipinski definition) is 4. The van der Waals surface area contributed by atoms with E-state index < -0.39 is 83.5 Å². The SMILES string of the molecule is CN(C)C(=O)[C@@H](NC(=O)CNC(=O)C(=O)[C@H](CC1CC1)NC(=O)[C@@H]1[C@H]2CC(C)(C)O[C@H]2CN1C(=O)[C@@H](NC(=O)OC(C)(C)C)C1CCCCC1)c1cccs1. The van der Waals surface area contributed by atoms with E-state index in [0.717, 1.165) is 44.9 Å². The maximum atomic E-state index is 14.6. The third-order valence-corrected chi connectivity index (χ3v) is 11.7. The van der Waals surface area contributed by atoms with E-state index in [0.29, 0.717) is 11.3 Å². The highest BCUT2D eigenvalue weighted by Crippen LogP contribution is 2.44. The average Bonchev–Trinajstić information content (AvgIpc) is 3.48. The van der Waals surface area contributed by atoms with E-state index in [1.54, 1.807) is 52.4 Å². The van der Waals surface area contributed by atoms with Crippen LogP contribution in [0.25, 0.3) is 0 Å². The minimum absolute atomic E-state index is 0.129. The molecule has 0 radical (unpaired) electrons. The lowest BCUT2D eigenvalue weighted by Crippen LogP contribution is -2.59. The normalized spacial score (nSPS) is 23.8. The van der Waals surface area contributed by atoms with E-state index in [9.17, 15) is 33.6 Å². The second kappa shape index (κ2) is 17.4. The van der Waals surface area contributed by atoms with E-state index >= 15 is 0 Å². The summed E-state index contributed by atoms with van der Waals surface area (Å²) in [7, 11) is 3.14. The fourth-order valence-corrected chi connectivity index (χ4v) is 8.82. The summed E-state index contributed by atoms with van der Waals surface area (Å²) in [5.41, 5.74) is -1.34. The van der Waals surface area contributed by atoms with Crippen molar-refractivity contribution in [2.75, 3.05) is 27.2 Å². The Kier molecular flexibility index (Phi) is 13.3. The molecule has 2 aliphatic carbocycles. The van der Waals surface area contributed by atoms with E-state index in [2.05, 4.69) is 21.3 Å². The largest absolute Gasteiger partial charge is 0.444 e. The molecule has 4 aliphatic rings. The number of hydrogen-bond acceptors (Lipinski definition) is 10. The first-order valence-corrected chi connectivity index (χ1v) is 20.4. The number of ketones is 1. The lowest BCUT2D eigenvalue weighted by Gasteiger charge is -2.36. The van der Waals surface area contributed by atoms with Crippen molar-refractivity contribution < 1.29 is 43.0 Å². The van der Waals surface area contributed by atoms with E-state index in [-0.39, 0.29) is 36.6 Å². The first-order chi connectivity index (χ1) is 25.8. The zero-order valence-corrected chi connectivity index (χ0v) is 33.9. The van der Waals surface area contributed by atoms with Crippen LogP contribution >= 0.6 is 11.3 Å². The average molecular weight is 787 g/mol. The maximum Gasteiger partial charge on any atom is 0.408 e. The van der Waals surface area contributed by atoms with Crippen molar-refractivity contribution in [3.8, 4) is 0 Å². The number of carbonyl (C=O) groups is 7. The first-order valence-electron chi connectivity index (χ1n) is 19.5. The second-order valence-corrected chi connectivity index (χ2v) is 18.3. The van der Waals surface area contributed by atoms with Crippen LogP contribution in [0.3, 0.4) is 0 Å². The van der Waals surface area contributed by atoms with E-state index in [1.807, 2.05) is 13.8 Å². The Balaban J connectivity index is 1.31. The third-order valence-electron chi connectivity index (χ3n) is 10.8. The molecule has 0 spiro atoms. The number of fused-ring (bicyclic) bond motifs is 1. The molecule has 304 valence electrons. The van der Waals surface area contributed by atoms with Crippen LogP contribution in [0, 0.1) is 17.8 Å². The number of likely N-dealkylation sites (tertiary alicyclic amines) is 1. The summed E-state index contributed by atoms with van der Waals surface area (Å²) in [6.07, 6.45) is 5.56. The van der Waals surface area contributed by atoms with Gasteiger partial charge in [0.25, 0.3) is 5.91 Å². The highest BCUT2D eigenvalue weighted by atomic mass is 32.1. The standard InChI is InChI=1S/C39H58N6O9S/c1-38(2,3)54-37(52)43-29(23-12-9-8-10-13-23)36(51)45-21-26-24(19-39(4,5)53-26)31(45)33(48)41-25(18-22-15-16-22)32(47)34(49)40-20-28(46)42-30(35(50)44(6)7)27-14-11-17-55-27/h11,14,17,22-26,29-31H,8-10,12-13,15-16,18-21H2,1-7H3,(H,40,49)(H,41,48)(H,42,46)(H,43,52)/t24-,25-,26-,29-,30-,31-/m0/s1. The monoisotopic (exact) mass is 786 g/mol. The Morgan fingerprint density at radius 1 is 1.00 bits per heavy atom. The van der Waals surface area contributed by atoms with Crippen LogP contribution in [0.5, 0.6) is 0 Å². The molecule has 2 saturated heterocycles. The number of amides is 6. The van der Waals surface area contributed by atoms with Gasteiger partial charge in [0.2, 0.25) is 29.4 Å². The molecule has 2 aliphatic heterocycles. The number of thiophene rings is 1. The molecule has 4 fully saturated rings. The van der Waals surface area contributed by atoms with E-state index in [1.165, 1.54) is 21.1 Å². The number of carbonyl (C=O) groups excluding carboxylic acids is 7. The van der Waals surface area contributed by atoms with Gasteiger partial charge in [0.1, 0.15) is 23.7 Å². The Morgan fingerprint density at radius 2 is 1.69 bits per heavy atom. The number of nitrogens with zero attached hydrogens (tertiary/aromatic N) is 2. The molecule has 16 heteroatoms.